The molecule has 0 saturated heterocycles. The Morgan fingerprint density at radius 3 is 2.57 bits per heavy atom. The predicted octanol–water partition coefficient (Wildman–Crippen LogP) is 4.51. The number of pyridine rings is 1. The molecule has 0 saturated carbocycles. The minimum Gasteiger partial charge on any atom is -0.508 e. The van der Waals surface area contributed by atoms with Crippen LogP contribution >= 0.6 is 0 Å². The van der Waals surface area contributed by atoms with Gasteiger partial charge in [-0.3, -0.25) is 4.98 Å². The third-order valence-corrected chi connectivity index (χ3v) is 4.67. The lowest BCUT2D eigenvalue weighted by Crippen LogP contribution is -2.08. The number of aromatic nitrogens is 3. The minimum absolute atomic E-state index is 0.278. The zero-order valence-electron chi connectivity index (χ0n) is 16.5. The molecule has 6 nitrogen and oxygen atoms in total. The summed E-state index contributed by atoms with van der Waals surface area (Å²) < 4.78 is 0. The van der Waals surface area contributed by atoms with Gasteiger partial charge in [0.15, 0.2) is 0 Å². The number of benzene rings is 2. The molecule has 4 rings (SSSR count). The molecule has 0 fully saturated rings. The zero-order chi connectivity index (χ0) is 20.6. The summed E-state index contributed by atoms with van der Waals surface area (Å²) in [5.74, 6) is 0.880. The molecule has 150 valence electrons. The first-order valence-electron chi connectivity index (χ1n) is 9.84. The van der Waals surface area contributed by atoms with Gasteiger partial charge in [0.25, 0.3) is 0 Å². The number of phenols is 1. The number of hydrogen-bond acceptors (Lipinski definition) is 6. The second kappa shape index (κ2) is 9.52. The van der Waals surface area contributed by atoms with E-state index < -0.39 is 0 Å². The fourth-order valence-electron chi connectivity index (χ4n) is 3.10. The van der Waals surface area contributed by atoms with Gasteiger partial charge in [-0.15, -0.1) is 0 Å². The summed E-state index contributed by atoms with van der Waals surface area (Å²) >= 11 is 0. The van der Waals surface area contributed by atoms with E-state index in [9.17, 15) is 5.11 Å². The summed E-state index contributed by atoms with van der Waals surface area (Å²) in [6.07, 6.45) is 6.16. The van der Waals surface area contributed by atoms with E-state index in [1.54, 1.807) is 24.5 Å². The van der Waals surface area contributed by atoms with Crippen LogP contribution < -0.4 is 10.6 Å². The van der Waals surface area contributed by atoms with Gasteiger partial charge in [0.1, 0.15) is 5.75 Å². The fraction of sp³-hybridized carbons (Fsp3) is 0.125. The molecule has 6 heteroatoms. The van der Waals surface area contributed by atoms with Gasteiger partial charge in [-0.2, -0.15) is 0 Å². The van der Waals surface area contributed by atoms with Gasteiger partial charge in [0, 0.05) is 37.2 Å². The maximum absolute atomic E-state index is 9.37. The molecule has 2 heterocycles. The highest BCUT2D eigenvalue weighted by molar-refractivity contribution is 5.61. The van der Waals surface area contributed by atoms with Crippen LogP contribution in [0.5, 0.6) is 5.75 Å². The smallest absolute Gasteiger partial charge is 0.223 e. The van der Waals surface area contributed by atoms with Crippen molar-refractivity contribution in [2.45, 2.75) is 13.0 Å². The highest BCUT2D eigenvalue weighted by atomic mass is 16.3. The quantitative estimate of drug-likeness (QED) is 0.406. The van der Waals surface area contributed by atoms with E-state index in [0.29, 0.717) is 19.0 Å². The normalized spacial score (nSPS) is 10.5. The third-order valence-electron chi connectivity index (χ3n) is 4.67. The Kier molecular flexibility index (Phi) is 6.15. The van der Waals surface area contributed by atoms with Crippen molar-refractivity contribution in [3.05, 3.63) is 96.4 Å². The summed E-state index contributed by atoms with van der Waals surface area (Å²) in [4.78, 5) is 13.1. The van der Waals surface area contributed by atoms with Crippen LogP contribution in [0.2, 0.25) is 0 Å². The summed E-state index contributed by atoms with van der Waals surface area (Å²) in [6.45, 7) is 1.42. The summed E-state index contributed by atoms with van der Waals surface area (Å²) in [5, 5.41) is 16.0. The van der Waals surface area contributed by atoms with Gasteiger partial charge >= 0.3 is 0 Å². The molecule has 2 aromatic carbocycles. The Bertz CT molecular complexity index is 1080. The van der Waals surface area contributed by atoms with Crippen LogP contribution in [0, 0.1) is 0 Å². The topological polar surface area (TPSA) is 83.0 Å². The lowest BCUT2D eigenvalue weighted by atomic mass is 10.1. The Balaban J connectivity index is 1.38. The molecule has 0 bridgehead atoms. The molecule has 0 spiro atoms. The first-order chi connectivity index (χ1) is 14.8. The van der Waals surface area contributed by atoms with E-state index in [-0.39, 0.29) is 5.75 Å². The predicted molar refractivity (Wildman–Crippen MR) is 119 cm³/mol. The Morgan fingerprint density at radius 2 is 1.73 bits per heavy atom. The average Bonchev–Trinajstić information content (AvgIpc) is 2.80. The molecule has 2 aromatic heterocycles. The van der Waals surface area contributed by atoms with Gasteiger partial charge in [0.2, 0.25) is 5.95 Å². The van der Waals surface area contributed by atoms with Crippen molar-refractivity contribution in [2.24, 2.45) is 0 Å². The lowest BCUT2D eigenvalue weighted by molar-refractivity contribution is 0.475. The Hall–Kier alpha value is -3.93. The maximum atomic E-state index is 9.37. The number of nitrogens with one attached hydrogen (secondary N) is 2. The average molecular weight is 397 g/mol. The second-order valence-corrected chi connectivity index (χ2v) is 6.90. The number of hydrogen-bond donors (Lipinski definition) is 3. The molecule has 0 amide bonds. The number of nitrogens with zero attached hydrogens (tertiary/aromatic N) is 3. The number of phenolic OH excluding ortho intramolecular Hbond substituents is 1. The first-order valence-corrected chi connectivity index (χ1v) is 9.84. The number of rotatable bonds is 8. The highest BCUT2D eigenvalue weighted by Crippen LogP contribution is 2.20. The van der Waals surface area contributed by atoms with Crippen LogP contribution in [0.4, 0.5) is 11.6 Å². The largest absolute Gasteiger partial charge is 0.508 e. The van der Waals surface area contributed by atoms with Crippen LogP contribution in [0.1, 0.15) is 11.1 Å². The molecule has 3 N–H and O–H groups in total. The van der Waals surface area contributed by atoms with E-state index in [4.69, 9.17) is 0 Å². The van der Waals surface area contributed by atoms with Crippen LogP contribution in [0.25, 0.3) is 11.3 Å². The van der Waals surface area contributed by atoms with Gasteiger partial charge in [-0.1, -0.05) is 30.3 Å². The molecular weight excluding hydrogens is 374 g/mol. The van der Waals surface area contributed by atoms with Crippen LogP contribution in [-0.2, 0) is 13.0 Å². The summed E-state index contributed by atoms with van der Waals surface area (Å²) in [7, 11) is 0. The maximum Gasteiger partial charge on any atom is 0.223 e. The van der Waals surface area contributed by atoms with Crippen LogP contribution in [0.3, 0.4) is 0 Å². The van der Waals surface area contributed by atoms with Gasteiger partial charge in [0.05, 0.1) is 11.4 Å². The van der Waals surface area contributed by atoms with Crippen LogP contribution in [-0.4, -0.2) is 26.6 Å². The molecule has 30 heavy (non-hydrogen) atoms. The molecule has 0 aliphatic carbocycles. The van der Waals surface area contributed by atoms with E-state index in [1.165, 1.54) is 0 Å². The lowest BCUT2D eigenvalue weighted by Gasteiger charge is -2.09. The van der Waals surface area contributed by atoms with Crippen LogP contribution in [0.15, 0.2) is 85.3 Å². The van der Waals surface area contributed by atoms with E-state index in [1.807, 2.05) is 42.6 Å². The van der Waals surface area contributed by atoms with Gasteiger partial charge < -0.3 is 15.7 Å². The molecule has 0 aliphatic heterocycles. The Morgan fingerprint density at radius 1 is 0.833 bits per heavy atom. The van der Waals surface area contributed by atoms with Crippen molar-refractivity contribution in [1.82, 2.24) is 15.0 Å². The van der Waals surface area contributed by atoms with Crippen molar-refractivity contribution in [3.63, 3.8) is 0 Å². The molecule has 0 unspecified atom stereocenters. The first kappa shape index (κ1) is 19.4. The SMILES string of the molecule is Oc1ccc(CCNc2nccc(-c3cccc(CNc4cccnc4)c3)n2)cc1. The van der Waals surface area contributed by atoms with Crippen molar-refractivity contribution < 1.29 is 5.11 Å². The van der Waals surface area contributed by atoms with E-state index >= 15 is 0 Å². The molecule has 0 atom stereocenters. The summed E-state index contributed by atoms with van der Waals surface area (Å²) in [5.41, 5.74) is 5.22. The summed E-state index contributed by atoms with van der Waals surface area (Å²) in [6, 6.07) is 21.4. The molecule has 4 aromatic rings. The highest BCUT2D eigenvalue weighted by Gasteiger charge is 2.04. The van der Waals surface area contributed by atoms with E-state index in [2.05, 4.69) is 43.8 Å². The van der Waals surface area contributed by atoms with Crippen molar-refractivity contribution in [2.75, 3.05) is 17.2 Å². The zero-order valence-corrected chi connectivity index (χ0v) is 16.5. The van der Waals surface area contributed by atoms with Crippen molar-refractivity contribution >= 4 is 11.6 Å². The number of anilines is 2. The molecular formula is C24H23N5O. The minimum atomic E-state index is 0.278. The van der Waals surface area contributed by atoms with E-state index in [0.717, 1.165) is 34.5 Å². The second-order valence-electron chi connectivity index (χ2n) is 6.90. The monoisotopic (exact) mass is 397 g/mol. The third kappa shape index (κ3) is 5.32. The molecule has 0 aliphatic rings. The number of aromatic hydroxyl groups is 1. The standard InChI is InChI=1S/C24H23N5O/c30-22-8-6-18(7-9-22)10-13-26-24-27-14-11-23(29-24)20-4-1-3-19(15-20)16-28-21-5-2-12-25-17-21/h1-9,11-12,14-15,17,28,30H,10,13,16H2,(H,26,27,29). The van der Waals surface area contributed by atoms with Crippen molar-refractivity contribution in [3.8, 4) is 17.0 Å². The van der Waals surface area contributed by atoms with Gasteiger partial charge in [-0.05, 0) is 53.9 Å². The van der Waals surface area contributed by atoms with Crippen molar-refractivity contribution in [1.29, 1.82) is 0 Å². The Labute approximate surface area is 175 Å². The fourth-order valence-corrected chi connectivity index (χ4v) is 3.10. The molecule has 0 radical (unpaired) electrons. The van der Waals surface area contributed by atoms with Gasteiger partial charge in [-0.25, -0.2) is 9.97 Å².